The van der Waals surface area contributed by atoms with Crippen molar-refractivity contribution < 1.29 is 9.90 Å². The lowest BCUT2D eigenvalue weighted by molar-refractivity contribution is 0.0905. The maximum Gasteiger partial charge on any atom is 0.273 e. The third-order valence-corrected chi connectivity index (χ3v) is 2.83. The molecule has 0 saturated carbocycles. The van der Waals surface area contributed by atoms with E-state index in [4.69, 9.17) is 0 Å². The maximum absolute atomic E-state index is 11.8. The number of nitrogens with one attached hydrogen (secondary N) is 1. The van der Waals surface area contributed by atoms with E-state index >= 15 is 0 Å². The fourth-order valence-corrected chi connectivity index (χ4v) is 1.64. The SMILES string of the molecule is CCCC(O)CNC(=O)c1cn(CCC(C)C)nn1. The number of carbonyl (C=O) groups is 1. The summed E-state index contributed by atoms with van der Waals surface area (Å²) in [7, 11) is 0. The first kappa shape index (κ1) is 15.6. The van der Waals surface area contributed by atoms with Crippen LogP contribution in [0.5, 0.6) is 0 Å². The predicted octanol–water partition coefficient (Wildman–Crippen LogP) is 1.21. The maximum atomic E-state index is 11.8. The molecular weight excluding hydrogens is 244 g/mol. The van der Waals surface area contributed by atoms with Crippen molar-refractivity contribution in [3.63, 3.8) is 0 Å². The van der Waals surface area contributed by atoms with Crippen LogP contribution in [0.15, 0.2) is 6.20 Å². The summed E-state index contributed by atoms with van der Waals surface area (Å²) in [5.41, 5.74) is 0.299. The minimum absolute atomic E-state index is 0.255. The summed E-state index contributed by atoms with van der Waals surface area (Å²) in [6.07, 6.45) is 3.72. The minimum Gasteiger partial charge on any atom is -0.391 e. The van der Waals surface area contributed by atoms with E-state index < -0.39 is 6.10 Å². The second-order valence-electron chi connectivity index (χ2n) is 5.20. The Labute approximate surface area is 114 Å². The predicted molar refractivity (Wildman–Crippen MR) is 72.7 cm³/mol. The van der Waals surface area contributed by atoms with Gasteiger partial charge in [-0.25, -0.2) is 0 Å². The lowest BCUT2D eigenvalue weighted by atomic mass is 10.1. The number of amides is 1. The minimum atomic E-state index is -0.495. The van der Waals surface area contributed by atoms with E-state index in [2.05, 4.69) is 29.5 Å². The lowest BCUT2D eigenvalue weighted by Gasteiger charge is -2.09. The fraction of sp³-hybridized carbons (Fsp3) is 0.769. The topological polar surface area (TPSA) is 80.0 Å². The Morgan fingerprint density at radius 3 is 2.84 bits per heavy atom. The Kier molecular flexibility index (Phi) is 6.49. The molecule has 6 nitrogen and oxygen atoms in total. The zero-order valence-corrected chi connectivity index (χ0v) is 12.0. The second kappa shape index (κ2) is 7.89. The van der Waals surface area contributed by atoms with Crippen molar-refractivity contribution in [1.29, 1.82) is 0 Å². The first-order valence-corrected chi connectivity index (χ1v) is 6.89. The Morgan fingerprint density at radius 2 is 2.21 bits per heavy atom. The number of aromatic nitrogens is 3. The van der Waals surface area contributed by atoms with Gasteiger partial charge in [-0.15, -0.1) is 5.10 Å². The fourth-order valence-electron chi connectivity index (χ4n) is 1.64. The van der Waals surface area contributed by atoms with E-state index in [0.29, 0.717) is 18.0 Å². The molecule has 0 spiro atoms. The number of carbonyl (C=O) groups excluding carboxylic acids is 1. The van der Waals surface area contributed by atoms with Gasteiger partial charge in [0.25, 0.3) is 5.91 Å². The average molecular weight is 268 g/mol. The molecule has 0 bridgehead atoms. The van der Waals surface area contributed by atoms with Gasteiger partial charge in [-0.05, 0) is 18.8 Å². The van der Waals surface area contributed by atoms with Crippen LogP contribution in [0.25, 0.3) is 0 Å². The normalized spacial score (nSPS) is 12.7. The van der Waals surface area contributed by atoms with Crippen molar-refractivity contribution in [3.8, 4) is 0 Å². The number of hydrogen-bond donors (Lipinski definition) is 2. The molecule has 0 saturated heterocycles. The quantitative estimate of drug-likeness (QED) is 0.743. The molecule has 1 heterocycles. The molecule has 1 atom stereocenters. The van der Waals surface area contributed by atoms with Gasteiger partial charge in [0.1, 0.15) is 0 Å². The Balaban J connectivity index is 2.40. The first-order valence-electron chi connectivity index (χ1n) is 6.89. The Morgan fingerprint density at radius 1 is 1.47 bits per heavy atom. The van der Waals surface area contributed by atoms with Crippen LogP contribution in [0, 0.1) is 5.92 Å². The zero-order chi connectivity index (χ0) is 14.3. The summed E-state index contributed by atoms with van der Waals surface area (Å²) in [4.78, 5) is 11.8. The van der Waals surface area contributed by atoms with E-state index in [1.165, 1.54) is 0 Å². The van der Waals surface area contributed by atoms with Gasteiger partial charge >= 0.3 is 0 Å². The van der Waals surface area contributed by atoms with Crippen LogP contribution in [0.3, 0.4) is 0 Å². The molecule has 1 unspecified atom stereocenters. The monoisotopic (exact) mass is 268 g/mol. The van der Waals surface area contributed by atoms with Gasteiger partial charge in [0.05, 0.1) is 12.3 Å². The molecule has 1 amide bonds. The van der Waals surface area contributed by atoms with Crippen LogP contribution >= 0.6 is 0 Å². The van der Waals surface area contributed by atoms with Gasteiger partial charge < -0.3 is 10.4 Å². The van der Waals surface area contributed by atoms with Gasteiger partial charge in [-0.1, -0.05) is 32.4 Å². The molecule has 1 aromatic rings. The summed E-state index contributed by atoms with van der Waals surface area (Å²) in [6.45, 7) is 7.28. The molecule has 0 aliphatic rings. The molecule has 0 aliphatic heterocycles. The smallest absolute Gasteiger partial charge is 0.273 e. The summed E-state index contributed by atoms with van der Waals surface area (Å²) in [5.74, 6) is 0.302. The molecule has 1 rings (SSSR count). The van der Waals surface area contributed by atoms with Crippen LogP contribution in [0.2, 0.25) is 0 Å². The van der Waals surface area contributed by atoms with Gasteiger partial charge in [0.15, 0.2) is 5.69 Å². The number of aliphatic hydroxyl groups excluding tert-OH is 1. The highest BCUT2D eigenvalue weighted by Crippen LogP contribution is 2.02. The molecule has 0 fully saturated rings. The van der Waals surface area contributed by atoms with Crippen molar-refractivity contribution in [2.24, 2.45) is 5.92 Å². The number of hydrogen-bond acceptors (Lipinski definition) is 4. The molecule has 0 aliphatic carbocycles. The standard InChI is InChI=1S/C13H24N4O2/c1-4-5-11(18)8-14-13(19)12-9-17(16-15-12)7-6-10(2)3/h9-11,18H,4-8H2,1-3H3,(H,14,19). The second-order valence-corrected chi connectivity index (χ2v) is 5.20. The van der Waals surface area contributed by atoms with Crippen molar-refractivity contribution in [2.45, 2.75) is 52.7 Å². The zero-order valence-electron chi connectivity index (χ0n) is 12.0. The van der Waals surface area contributed by atoms with Crippen LogP contribution in [0.4, 0.5) is 0 Å². The van der Waals surface area contributed by atoms with Gasteiger partial charge in [0.2, 0.25) is 0 Å². The molecular formula is C13H24N4O2. The number of rotatable bonds is 8. The van der Waals surface area contributed by atoms with E-state index in [1.54, 1.807) is 10.9 Å². The van der Waals surface area contributed by atoms with Crippen LogP contribution in [-0.2, 0) is 6.54 Å². The highest BCUT2D eigenvalue weighted by atomic mass is 16.3. The van der Waals surface area contributed by atoms with Gasteiger partial charge in [-0.3, -0.25) is 9.48 Å². The Bertz CT molecular complexity index is 390. The summed E-state index contributed by atoms with van der Waals surface area (Å²) in [6, 6.07) is 0. The van der Waals surface area contributed by atoms with E-state index in [-0.39, 0.29) is 12.5 Å². The Hall–Kier alpha value is -1.43. The van der Waals surface area contributed by atoms with Crippen molar-refractivity contribution in [1.82, 2.24) is 20.3 Å². The average Bonchev–Trinajstić information content (AvgIpc) is 2.82. The molecule has 19 heavy (non-hydrogen) atoms. The summed E-state index contributed by atoms with van der Waals surface area (Å²) < 4.78 is 1.68. The third kappa shape index (κ3) is 5.83. The molecule has 6 heteroatoms. The van der Waals surface area contributed by atoms with Crippen molar-refractivity contribution >= 4 is 5.91 Å². The van der Waals surface area contributed by atoms with Crippen LogP contribution in [-0.4, -0.2) is 38.7 Å². The number of aryl methyl sites for hydroxylation is 1. The molecule has 2 N–H and O–H groups in total. The van der Waals surface area contributed by atoms with Crippen molar-refractivity contribution in [3.05, 3.63) is 11.9 Å². The van der Waals surface area contributed by atoms with Crippen LogP contribution < -0.4 is 5.32 Å². The highest BCUT2D eigenvalue weighted by Gasteiger charge is 2.12. The number of aliphatic hydroxyl groups is 1. The third-order valence-electron chi connectivity index (χ3n) is 2.83. The summed E-state index contributed by atoms with van der Waals surface area (Å²) in [5, 5.41) is 19.9. The summed E-state index contributed by atoms with van der Waals surface area (Å²) >= 11 is 0. The van der Waals surface area contributed by atoms with E-state index in [0.717, 1.165) is 19.4 Å². The van der Waals surface area contributed by atoms with Gasteiger partial charge in [-0.2, -0.15) is 0 Å². The first-order chi connectivity index (χ1) is 9.02. The lowest BCUT2D eigenvalue weighted by Crippen LogP contribution is -2.32. The largest absolute Gasteiger partial charge is 0.391 e. The molecule has 0 aromatic carbocycles. The number of nitrogens with zero attached hydrogens (tertiary/aromatic N) is 3. The van der Waals surface area contributed by atoms with E-state index in [1.807, 2.05) is 6.92 Å². The molecule has 0 radical (unpaired) electrons. The van der Waals surface area contributed by atoms with Crippen LogP contribution in [0.1, 0.15) is 50.5 Å². The molecule has 108 valence electrons. The van der Waals surface area contributed by atoms with Gasteiger partial charge in [0, 0.05) is 13.1 Å². The molecule has 1 aromatic heterocycles. The van der Waals surface area contributed by atoms with E-state index in [9.17, 15) is 9.90 Å². The van der Waals surface area contributed by atoms with Crippen molar-refractivity contribution in [2.75, 3.05) is 6.54 Å². The highest BCUT2D eigenvalue weighted by molar-refractivity contribution is 5.91.